The molecule has 0 aliphatic rings. The summed E-state index contributed by atoms with van der Waals surface area (Å²) in [6, 6.07) is 17.0. The van der Waals surface area contributed by atoms with Crippen molar-refractivity contribution in [3.05, 3.63) is 72.7 Å². The predicted molar refractivity (Wildman–Crippen MR) is 86.4 cm³/mol. The van der Waals surface area contributed by atoms with Gasteiger partial charge in [-0.1, -0.05) is 42.5 Å². The molecule has 0 aliphatic heterocycles. The summed E-state index contributed by atoms with van der Waals surface area (Å²) in [5.41, 5.74) is 2.82. The molecule has 6 heteroatoms. The number of hydrogen-bond donors (Lipinski definition) is 1. The van der Waals surface area contributed by atoms with E-state index >= 15 is 0 Å². The number of halogens is 1. The molecule has 1 aromatic heterocycles. The molecule has 2 aromatic carbocycles. The lowest BCUT2D eigenvalue weighted by atomic mass is 9.99. The van der Waals surface area contributed by atoms with Gasteiger partial charge in [0, 0.05) is 17.3 Å². The Morgan fingerprint density at radius 1 is 0.913 bits per heavy atom. The third kappa shape index (κ3) is 3.13. The summed E-state index contributed by atoms with van der Waals surface area (Å²) < 4.78 is 36.7. The molecule has 0 fully saturated rings. The highest BCUT2D eigenvalue weighted by Crippen LogP contribution is 2.31. The number of hydrogen-bond acceptors (Lipinski definition) is 3. The summed E-state index contributed by atoms with van der Waals surface area (Å²) in [6.45, 7) is 0. The zero-order chi connectivity index (χ0) is 16.4. The first kappa shape index (κ1) is 15.3. The monoisotopic (exact) mass is 328 g/mol. The van der Waals surface area contributed by atoms with Gasteiger partial charge in [-0.15, -0.1) is 0 Å². The van der Waals surface area contributed by atoms with Gasteiger partial charge in [0.2, 0.25) is 10.0 Å². The third-order valence-electron chi connectivity index (χ3n) is 3.40. The fourth-order valence-electron chi connectivity index (χ4n) is 2.36. The zero-order valence-electron chi connectivity index (χ0n) is 12.0. The Balaban J connectivity index is 2.16. The Morgan fingerprint density at radius 3 is 2.30 bits per heavy atom. The second-order valence-corrected chi connectivity index (χ2v) is 6.49. The van der Waals surface area contributed by atoms with Gasteiger partial charge in [-0.2, -0.15) is 0 Å². The normalized spacial score (nSPS) is 11.4. The summed E-state index contributed by atoms with van der Waals surface area (Å²) in [5, 5.41) is 4.98. The van der Waals surface area contributed by atoms with Gasteiger partial charge in [0.25, 0.3) is 0 Å². The van der Waals surface area contributed by atoms with E-state index < -0.39 is 20.7 Å². The number of rotatable bonds is 3. The van der Waals surface area contributed by atoms with Crippen LogP contribution in [-0.4, -0.2) is 13.4 Å². The van der Waals surface area contributed by atoms with Crippen LogP contribution >= 0.6 is 0 Å². The maximum absolute atomic E-state index is 14.1. The molecule has 116 valence electrons. The van der Waals surface area contributed by atoms with E-state index in [1.165, 1.54) is 6.07 Å². The quantitative estimate of drug-likeness (QED) is 0.802. The van der Waals surface area contributed by atoms with Gasteiger partial charge in [0.15, 0.2) is 0 Å². The van der Waals surface area contributed by atoms with Gasteiger partial charge in [-0.05, 0) is 23.8 Å². The van der Waals surface area contributed by atoms with Crippen LogP contribution in [0.5, 0.6) is 0 Å². The van der Waals surface area contributed by atoms with E-state index in [1.807, 2.05) is 36.4 Å². The van der Waals surface area contributed by atoms with Crippen molar-refractivity contribution in [2.45, 2.75) is 4.90 Å². The summed E-state index contributed by atoms with van der Waals surface area (Å²) in [5.74, 6) is -0.894. The Bertz CT molecular complexity index is 957. The van der Waals surface area contributed by atoms with Crippen LogP contribution in [0.25, 0.3) is 22.4 Å². The molecule has 1 heterocycles. The van der Waals surface area contributed by atoms with Crippen molar-refractivity contribution in [1.82, 2.24) is 4.98 Å². The van der Waals surface area contributed by atoms with Crippen LogP contribution in [-0.2, 0) is 10.0 Å². The van der Waals surface area contributed by atoms with Crippen LogP contribution in [0.4, 0.5) is 4.39 Å². The largest absolute Gasteiger partial charge is 0.256 e. The van der Waals surface area contributed by atoms with E-state index in [0.717, 1.165) is 23.3 Å². The second-order valence-electron chi connectivity index (χ2n) is 4.96. The number of nitrogens with two attached hydrogens (primary N) is 1. The maximum Gasteiger partial charge on any atom is 0.240 e. The first-order valence-corrected chi connectivity index (χ1v) is 8.34. The SMILES string of the molecule is NS(=O)(=O)c1ccc(-c2ncccc2-c2ccccc2)cc1F. The lowest BCUT2D eigenvalue weighted by molar-refractivity contribution is 0.568. The average molecular weight is 328 g/mol. The van der Waals surface area contributed by atoms with E-state index in [1.54, 1.807) is 12.3 Å². The molecule has 0 saturated heterocycles. The summed E-state index contributed by atoms with van der Waals surface area (Å²) in [7, 11) is -4.09. The van der Waals surface area contributed by atoms with E-state index in [2.05, 4.69) is 4.98 Å². The second kappa shape index (κ2) is 5.91. The molecule has 0 radical (unpaired) electrons. The van der Waals surface area contributed by atoms with Crippen molar-refractivity contribution in [1.29, 1.82) is 0 Å². The van der Waals surface area contributed by atoms with Crippen molar-refractivity contribution in [3.8, 4) is 22.4 Å². The van der Waals surface area contributed by atoms with Crippen molar-refractivity contribution in [3.63, 3.8) is 0 Å². The minimum absolute atomic E-state index is 0.481. The molecule has 0 unspecified atom stereocenters. The van der Waals surface area contributed by atoms with Crippen LogP contribution in [0.2, 0.25) is 0 Å². The molecular weight excluding hydrogens is 315 g/mol. The molecule has 0 atom stereocenters. The minimum atomic E-state index is -4.09. The topological polar surface area (TPSA) is 73.1 Å². The fraction of sp³-hybridized carbons (Fsp3) is 0. The van der Waals surface area contributed by atoms with Crippen LogP contribution < -0.4 is 5.14 Å². The highest BCUT2D eigenvalue weighted by Gasteiger charge is 2.16. The van der Waals surface area contributed by atoms with Gasteiger partial charge in [-0.3, -0.25) is 4.98 Å². The lowest BCUT2D eigenvalue weighted by Crippen LogP contribution is -2.14. The van der Waals surface area contributed by atoms with Gasteiger partial charge in [0.1, 0.15) is 10.7 Å². The van der Waals surface area contributed by atoms with E-state index in [4.69, 9.17) is 5.14 Å². The Labute approximate surface area is 133 Å². The van der Waals surface area contributed by atoms with Gasteiger partial charge < -0.3 is 0 Å². The number of sulfonamides is 1. The highest BCUT2D eigenvalue weighted by molar-refractivity contribution is 7.89. The van der Waals surface area contributed by atoms with Gasteiger partial charge >= 0.3 is 0 Å². The Kier molecular flexibility index (Phi) is 3.94. The van der Waals surface area contributed by atoms with Crippen LogP contribution in [0.3, 0.4) is 0 Å². The van der Waals surface area contributed by atoms with E-state index in [-0.39, 0.29) is 0 Å². The predicted octanol–water partition coefficient (Wildman–Crippen LogP) is 3.20. The number of primary sulfonamides is 1. The minimum Gasteiger partial charge on any atom is -0.256 e. The molecule has 0 spiro atoms. The number of pyridine rings is 1. The number of nitrogens with zero attached hydrogens (tertiary/aromatic N) is 1. The van der Waals surface area contributed by atoms with Crippen LogP contribution in [0.15, 0.2) is 71.8 Å². The van der Waals surface area contributed by atoms with E-state index in [9.17, 15) is 12.8 Å². The highest BCUT2D eigenvalue weighted by atomic mass is 32.2. The Hall–Kier alpha value is -2.57. The first-order valence-electron chi connectivity index (χ1n) is 6.80. The molecule has 4 nitrogen and oxygen atoms in total. The standard InChI is InChI=1S/C17H13FN2O2S/c18-15-11-13(8-9-16(15)23(19,21)22)17-14(7-4-10-20-17)12-5-2-1-3-6-12/h1-11H,(H2,19,21,22). The van der Waals surface area contributed by atoms with Crippen molar-refractivity contribution in [2.24, 2.45) is 5.14 Å². The van der Waals surface area contributed by atoms with Crippen molar-refractivity contribution in [2.75, 3.05) is 0 Å². The molecule has 0 aliphatic carbocycles. The smallest absolute Gasteiger partial charge is 0.240 e. The number of benzene rings is 2. The molecule has 2 N–H and O–H groups in total. The first-order chi connectivity index (χ1) is 11.0. The summed E-state index contributed by atoms with van der Waals surface area (Å²) in [4.78, 5) is 3.78. The molecule has 0 amide bonds. The molecule has 3 rings (SSSR count). The third-order valence-corrected chi connectivity index (χ3v) is 4.35. The maximum atomic E-state index is 14.1. The van der Waals surface area contributed by atoms with Gasteiger partial charge in [-0.25, -0.2) is 17.9 Å². The molecule has 23 heavy (non-hydrogen) atoms. The van der Waals surface area contributed by atoms with Crippen LogP contribution in [0.1, 0.15) is 0 Å². The fourth-order valence-corrected chi connectivity index (χ4v) is 2.95. The summed E-state index contributed by atoms with van der Waals surface area (Å²) in [6.07, 6.45) is 1.60. The van der Waals surface area contributed by atoms with Gasteiger partial charge in [0.05, 0.1) is 5.69 Å². The van der Waals surface area contributed by atoms with Crippen molar-refractivity contribution < 1.29 is 12.8 Å². The molecule has 0 saturated carbocycles. The Morgan fingerprint density at radius 2 is 1.65 bits per heavy atom. The average Bonchev–Trinajstić information content (AvgIpc) is 2.54. The molecule has 3 aromatic rings. The molecule has 0 bridgehead atoms. The van der Waals surface area contributed by atoms with Crippen molar-refractivity contribution >= 4 is 10.0 Å². The molecular formula is C17H13FN2O2S. The lowest BCUT2D eigenvalue weighted by Gasteiger charge is -2.10. The van der Waals surface area contributed by atoms with E-state index in [0.29, 0.717) is 11.3 Å². The van der Waals surface area contributed by atoms with Crippen LogP contribution in [0, 0.1) is 5.82 Å². The summed E-state index contributed by atoms with van der Waals surface area (Å²) >= 11 is 0. The zero-order valence-corrected chi connectivity index (χ0v) is 12.8. The number of aromatic nitrogens is 1.